The number of para-hydroxylation sites is 2. The Balaban J connectivity index is 2.57. The number of amides is 1. The van der Waals surface area contributed by atoms with Crippen LogP contribution in [0, 0.1) is 0 Å². The summed E-state index contributed by atoms with van der Waals surface area (Å²) in [7, 11) is 0. The Kier molecular flexibility index (Phi) is 5.31. The summed E-state index contributed by atoms with van der Waals surface area (Å²) >= 11 is 1.43. The van der Waals surface area contributed by atoms with E-state index >= 15 is 0 Å². The molecule has 0 aromatic heterocycles. The number of nitrogens with one attached hydrogen (secondary N) is 1. The van der Waals surface area contributed by atoms with Crippen LogP contribution in [0.2, 0.25) is 0 Å². The Morgan fingerprint density at radius 1 is 1.47 bits per heavy atom. The first-order chi connectivity index (χ1) is 8.04. The monoisotopic (exact) mass is 254 g/mol. The van der Waals surface area contributed by atoms with Gasteiger partial charge in [-0.25, -0.2) is 0 Å². The number of aliphatic hydroxyl groups excluding tert-OH is 1. The van der Waals surface area contributed by atoms with Crippen molar-refractivity contribution >= 4 is 29.0 Å². The molecule has 2 atom stereocenters. The maximum Gasteiger partial charge on any atom is 0.237 e. The lowest BCUT2D eigenvalue weighted by Crippen LogP contribution is -2.25. The third-order valence-electron chi connectivity index (χ3n) is 2.28. The zero-order chi connectivity index (χ0) is 12.8. The molecule has 4 N–H and O–H groups in total. The number of nitrogen functional groups attached to an aromatic ring is 1. The van der Waals surface area contributed by atoms with Crippen LogP contribution in [-0.4, -0.2) is 28.1 Å². The summed E-state index contributed by atoms with van der Waals surface area (Å²) in [6.45, 7) is 3.76. The number of benzene rings is 1. The van der Waals surface area contributed by atoms with Gasteiger partial charge in [-0.1, -0.05) is 19.1 Å². The smallest absolute Gasteiger partial charge is 0.237 e. The molecule has 1 amide bonds. The molecule has 0 bridgehead atoms. The minimum Gasteiger partial charge on any atom is -0.397 e. The number of hydrogen-bond donors (Lipinski definition) is 3. The van der Waals surface area contributed by atoms with E-state index in [9.17, 15) is 4.79 Å². The predicted octanol–water partition coefficient (Wildman–Crippen LogP) is 1.71. The van der Waals surface area contributed by atoms with Gasteiger partial charge in [-0.05, 0) is 19.1 Å². The molecule has 0 aliphatic heterocycles. The Hall–Kier alpha value is -1.20. The lowest BCUT2D eigenvalue weighted by Gasteiger charge is -2.15. The highest BCUT2D eigenvalue weighted by atomic mass is 32.2. The molecule has 4 nitrogen and oxygen atoms in total. The average molecular weight is 254 g/mol. The minimum absolute atomic E-state index is 0.0453. The summed E-state index contributed by atoms with van der Waals surface area (Å²) in [5.74, 6) is -0.104. The normalized spacial score (nSPS) is 14.1. The number of nitrogens with two attached hydrogens (primary N) is 1. The average Bonchev–Trinajstić information content (AvgIpc) is 2.31. The van der Waals surface area contributed by atoms with Crippen LogP contribution in [-0.2, 0) is 4.79 Å². The van der Waals surface area contributed by atoms with Crippen LogP contribution in [0.5, 0.6) is 0 Å². The molecule has 0 spiro atoms. The van der Waals surface area contributed by atoms with Gasteiger partial charge in [-0.2, -0.15) is 0 Å². The fourth-order valence-corrected chi connectivity index (χ4v) is 2.26. The van der Waals surface area contributed by atoms with Crippen molar-refractivity contribution in [2.24, 2.45) is 0 Å². The minimum atomic E-state index is -0.225. The molecule has 0 fully saturated rings. The second kappa shape index (κ2) is 6.51. The largest absolute Gasteiger partial charge is 0.397 e. The molecule has 0 saturated heterocycles. The quantitative estimate of drug-likeness (QED) is 0.699. The van der Waals surface area contributed by atoms with Crippen LogP contribution in [0.15, 0.2) is 24.3 Å². The van der Waals surface area contributed by atoms with Crippen molar-refractivity contribution in [2.75, 3.05) is 17.7 Å². The highest BCUT2D eigenvalue weighted by Crippen LogP contribution is 2.21. The fraction of sp³-hybridized carbons (Fsp3) is 0.417. The van der Waals surface area contributed by atoms with E-state index in [1.165, 1.54) is 11.8 Å². The van der Waals surface area contributed by atoms with E-state index in [0.717, 1.165) is 0 Å². The molecule has 2 unspecified atom stereocenters. The topological polar surface area (TPSA) is 75.3 Å². The first-order valence-electron chi connectivity index (χ1n) is 5.46. The van der Waals surface area contributed by atoms with E-state index in [4.69, 9.17) is 10.8 Å². The fourth-order valence-electron chi connectivity index (χ4n) is 1.30. The number of hydrogen-bond acceptors (Lipinski definition) is 4. The van der Waals surface area contributed by atoms with Crippen LogP contribution in [0.25, 0.3) is 0 Å². The number of carbonyl (C=O) groups is 1. The predicted molar refractivity (Wildman–Crippen MR) is 73.1 cm³/mol. The van der Waals surface area contributed by atoms with E-state index in [1.54, 1.807) is 12.1 Å². The lowest BCUT2D eigenvalue weighted by molar-refractivity contribution is -0.115. The summed E-state index contributed by atoms with van der Waals surface area (Å²) in [4.78, 5) is 11.8. The zero-order valence-corrected chi connectivity index (χ0v) is 10.8. The van der Waals surface area contributed by atoms with Crippen LogP contribution < -0.4 is 11.1 Å². The maximum atomic E-state index is 11.8. The van der Waals surface area contributed by atoms with E-state index < -0.39 is 0 Å². The molecule has 0 heterocycles. The Labute approximate surface area is 106 Å². The van der Waals surface area contributed by atoms with Crippen molar-refractivity contribution in [1.29, 1.82) is 0 Å². The Morgan fingerprint density at radius 3 is 2.71 bits per heavy atom. The van der Waals surface area contributed by atoms with Crippen molar-refractivity contribution in [3.8, 4) is 0 Å². The van der Waals surface area contributed by atoms with Gasteiger partial charge in [0.2, 0.25) is 5.91 Å². The number of anilines is 2. The van der Waals surface area contributed by atoms with Gasteiger partial charge >= 0.3 is 0 Å². The molecule has 0 saturated carbocycles. The van der Waals surface area contributed by atoms with Crippen LogP contribution >= 0.6 is 11.8 Å². The van der Waals surface area contributed by atoms with Gasteiger partial charge in [0.15, 0.2) is 0 Å². The summed E-state index contributed by atoms with van der Waals surface area (Å²) in [6.07, 6.45) is 0. The van der Waals surface area contributed by atoms with Crippen molar-refractivity contribution in [2.45, 2.75) is 24.3 Å². The van der Waals surface area contributed by atoms with E-state index in [2.05, 4.69) is 5.32 Å². The molecular formula is C12H18N2O2S. The van der Waals surface area contributed by atoms with Gasteiger partial charge in [0.25, 0.3) is 0 Å². The Bertz CT molecular complexity index is 385. The lowest BCUT2D eigenvalue weighted by atomic mass is 10.2. The van der Waals surface area contributed by atoms with Crippen LogP contribution in [0.3, 0.4) is 0 Å². The van der Waals surface area contributed by atoms with Gasteiger partial charge in [-0.15, -0.1) is 11.8 Å². The van der Waals surface area contributed by atoms with Gasteiger partial charge in [0.05, 0.1) is 23.2 Å². The summed E-state index contributed by atoms with van der Waals surface area (Å²) in [6, 6.07) is 7.14. The Morgan fingerprint density at radius 2 is 2.12 bits per heavy atom. The highest BCUT2D eigenvalue weighted by Gasteiger charge is 2.17. The molecule has 94 valence electrons. The molecule has 1 rings (SSSR count). The second-order valence-corrected chi connectivity index (χ2v) is 5.63. The molecule has 0 aliphatic carbocycles. The standard InChI is InChI=1S/C12H18N2O2S/c1-8(7-15)17-9(2)12(16)14-11-6-4-3-5-10(11)13/h3-6,8-9,15H,7,13H2,1-2H3,(H,14,16). The molecule has 0 aliphatic rings. The molecule has 5 heteroatoms. The SMILES string of the molecule is CC(CO)SC(C)C(=O)Nc1ccccc1N. The van der Waals surface area contributed by atoms with Crippen LogP contribution in [0.4, 0.5) is 11.4 Å². The van der Waals surface area contributed by atoms with Gasteiger partial charge < -0.3 is 16.2 Å². The van der Waals surface area contributed by atoms with E-state index in [0.29, 0.717) is 11.4 Å². The molecule has 17 heavy (non-hydrogen) atoms. The molecule has 1 aromatic rings. The van der Waals surface area contributed by atoms with Crippen molar-refractivity contribution in [3.05, 3.63) is 24.3 Å². The van der Waals surface area contributed by atoms with E-state index in [1.807, 2.05) is 26.0 Å². The highest BCUT2D eigenvalue weighted by molar-refractivity contribution is 8.01. The van der Waals surface area contributed by atoms with Gasteiger partial charge in [-0.3, -0.25) is 4.79 Å². The molecule has 1 aromatic carbocycles. The van der Waals surface area contributed by atoms with Crippen molar-refractivity contribution in [3.63, 3.8) is 0 Å². The molecular weight excluding hydrogens is 236 g/mol. The first kappa shape index (κ1) is 13.9. The van der Waals surface area contributed by atoms with E-state index in [-0.39, 0.29) is 23.0 Å². The summed E-state index contributed by atoms with van der Waals surface area (Å²) < 4.78 is 0. The van der Waals surface area contributed by atoms with Gasteiger partial charge in [0.1, 0.15) is 0 Å². The third kappa shape index (κ3) is 4.28. The number of aliphatic hydroxyl groups is 1. The summed E-state index contributed by atoms with van der Waals surface area (Å²) in [5, 5.41) is 11.5. The third-order valence-corrected chi connectivity index (χ3v) is 3.52. The number of rotatable bonds is 5. The van der Waals surface area contributed by atoms with Crippen molar-refractivity contribution < 1.29 is 9.90 Å². The molecule has 0 radical (unpaired) electrons. The zero-order valence-electron chi connectivity index (χ0n) is 10.0. The number of carbonyl (C=O) groups excluding carboxylic acids is 1. The van der Waals surface area contributed by atoms with Crippen LogP contribution in [0.1, 0.15) is 13.8 Å². The maximum absolute atomic E-state index is 11.8. The van der Waals surface area contributed by atoms with Gasteiger partial charge in [0, 0.05) is 5.25 Å². The number of thioether (sulfide) groups is 1. The summed E-state index contributed by atoms with van der Waals surface area (Å²) in [5.41, 5.74) is 6.91. The second-order valence-electron chi connectivity index (χ2n) is 3.85. The van der Waals surface area contributed by atoms with Crippen molar-refractivity contribution in [1.82, 2.24) is 0 Å². The first-order valence-corrected chi connectivity index (χ1v) is 6.40.